The summed E-state index contributed by atoms with van der Waals surface area (Å²) >= 11 is 0. The monoisotopic (exact) mass is 243 g/mol. The zero-order chi connectivity index (χ0) is 12.8. The lowest BCUT2D eigenvalue weighted by Crippen LogP contribution is -2.02. The summed E-state index contributed by atoms with van der Waals surface area (Å²) in [7, 11) is 0. The summed E-state index contributed by atoms with van der Waals surface area (Å²) in [4.78, 5) is 15.8. The van der Waals surface area contributed by atoms with Gasteiger partial charge in [-0.1, -0.05) is 24.3 Å². The molecule has 0 saturated carbocycles. The van der Waals surface area contributed by atoms with E-state index < -0.39 is 0 Å². The minimum atomic E-state index is -0.206. The summed E-state index contributed by atoms with van der Waals surface area (Å²) in [5.41, 5.74) is 1.14. The van der Waals surface area contributed by atoms with E-state index in [4.69, 9.17) is 0 Å². The van der Waals surface area contributed by atoms with Crippen molar-refractivity contribution in [2.75, 3.05) is 0 Å². The Morgan fingerprint density at radius 1 is 1.11 bits per heavy atom. The number of carbonyl (C=O) groups excluding carboxylic acids is 1. The number of benzene rings is 1. The number of carbonyl (C=O) groups is 1. The third-order valence-corrected chi connectivity index (χ3v) is 2.76. The van der Waals surface area contributed by atoms with E-state index in [0.717, 1.165) is 0 Å². The summed E-state index contributed by atoms with van der Waals surface area (Å²) in [5, 5.41) is 0. The molecule has 0 fully saturated rings. The van der Waals surface area contributed by atoms with Gasteiger partial charge < -0.3 is 0 Å². The first-order valence-electron chi connectivity index (χ1n) is 5.95. The second-order valence-electron chi connectivity index (χ2n) is 4.08. The molecular weight excluding hydrogens is 229 g/mol. The second-order valence-corrected chi connectivity index (χ2v) is 4.08. The largest absolute Gasteiger partial charge is 0.292 e. The molecule has 0 N–H and O–H groups in total. The molecule has 0 aliphatic rings. The molecular formula is C15H14FNO. The van der Waals surface area contributed by atoms with Gasteiger partial charge in [-0.05, 0) is 36.6 Å². The van der Waals surface area contributed by atoms with Crippen molar-refractivity contribution >= 4 is 5.78 Å². The predicted molar refractivity (Wildman–Crippen MR) is 67.9 cm³/mol. The maximum atomic E-state index is 13.3. The predicted octanol–water partition coefficient (Wildman–Crippen LogP) is 3.43. The highest BCUT2D eigenvalue weighted by Gasteiger charge is 2.07. The summed E-state index contributed by atoms with van der Waals surface area (Å²) < 4.78 is 13.3. The van der Waals surface area contributed by atoms with Crippen LogP contribution in [0.3, 0.4) is 0 Å². The Morgan fingerprint density at radius 2 is 1.89 bits per heavy atom. The molecule has 0 aliphatic carbocycles. The van der Waals surface area contributed by atoms with Gasteiger partial charge in [0.05, 0.1) is 0 Å². The number of Topliss-reactive ketones (excluding diaryl/α,β-unsaturated/α-hetero) is 1. The molecule has 0 spiro atoms. The van der Waals surface area contributed by atoms with Crippen LogP contribution in [-0.2, 0) is 6.42 Å². The van der Waals surface area contributed by atoms with Crippen LogP contribution in [0.25, 0.3) is 0 Å². The number of nitrogens with zero attached hydrogens (tertiary/aromatic N) is 1. The Bertz CT molecular complexity index is 525. The number of aryl methyl sites for hydroxylation is 1. The van der Waals surface area contributed by atoms with Crippen molar-refractivity contribution in [3.8, 4) is 0 Å². The van der Waals surface area contributed by atoms with E-state index in [-0.39, 0.29) is 11.6 Å². The van der Waals surface area contributed by atoms with Crippen molar-refractivity contribution in [3.63, 3.8) is 0 Å². The quantitative estimate of drug-likeness (QED) is 0.753. The molecule has 0 aliphatic heterocycles. The van der Waals surface area contributed by atoms with E-state index >= 15 is 0 Å². The number of halogens is 1. The number of ketones is 1. The van der Waals surface area contributed by atoms with Gasteiger partial charge >= 0.3 is 0 Å². The molecule has 0 unspecified atom stereocenters. The lowest BCUT2D eigenvalue weighted by atomic mass is 10.0. The average molecular weight is 243 g/mol. The highest BCUT2D eigenvalue weighted by atomic mass is 19.1. The minimum absolute atomic E-state index is 0.00643. The molecule has 18 heavy (non-hydrogen) atoms. The first kappa shape index (κ1) is 12.4. The molecule has 0 amide bonds. The Hall–Kier alpha value is -2.03. The van der Waals surface area contributed by atoms with Crippen molar-refractivity contribution in [1.29, 1.82) is 0 Å². The first-order chi connectivity index (χ1) is 8.77. The molecule has 2 rings (SSSR count). The van der Waals surface area contributed by atoms with E-state index in [1.807, 2.05) is 0 Å². The van der Waals surface area contributed by atoms with Crippen molar-refractivity contribution in [1.82, 2.24) is 4.98 Å². The molecule has 2 nitrogen and oxygen atoms in total. The van der Waals surface area contributed by atoms with Gasteiger partial charge in [0.15, 0.2) is 5.78 Å². The number of hydrogen-bond acceptors (Lipinski definition) is 2. The highest BCUT2D eigenvalue weighted by Crippen LogP contribution is 2.11. The van der Waals surface area contributed by atoms with Crippen molar-refractivity contribution < 1.29 is 9.18 Å². The van der Waals surface area contributed by atoms with Gasteiger partial charge in [-0.3, -0.25) is 9.78 Å². The Labute approximate surface area is 105 Å². The van der Waals surface area contributed by atoms with Gasteiger partial charge in [-0.15, -0.1) is 0 Å². The Kier molecular flexibility index (Phi) is 4.18. The summed E-state index contributed by atoms with van der Waals surface area (Å²) in [6, 6.07) is 11.9. The van der Waals surface area contributed by atoms with Crippen molar-refractivity contribution in [3.05, 3.63) is 65.7 Å². The van der Waals surface area contributed by atoms with Crippen LogP contribution in [0, 0.1) is 5.82 Å². The van der Waals surface area contributed by atoms with Crippen molar-refractivity contribution in [2.45, 2.75) is 19.3 Å². The van der Waals surface area contributed by atoms with Gasteiger partial charge in [0, 0.05) is 12.6 Å². The van der Waals surface area contributed by atoms with Crippen LogP contribution in [0.15, 0.2) is 48.7 Å². The van der Waals surface area contributed by atoms with E-state index in [1.54, 1.807) is 42.6 Å². The number of aromatic nitrogens is 1. The standard InChI is InChI=1S/C15H14FNO/c16-13-8-2-1-6-12(13)7-5-10-15(18)14-9-3-4-11-17-14/h1-4,6,8-9,11H,5,7,10H2. The smallest absolute Gasteiger partial charge is 0.181 e. The Balaban J connectivity index is 1.86. The number of pyridine rings is 1. The first-order valence-corrected chi connectivity index (χ1v) is 5.95. The third-order valence-electron chi connectivity index (χ3n) is 2.76. The minimum Gasteiger partial charge on any atom is -0.292 e. The molecule has 0 atom stereocenters. The van der Waals surface area contributed by atoms with Crippen LogP contribution >= 0.6 is 0 Å². The fourth-order valence-electron chi connectivity index (χ4n) is 1.80. The van der Waals surface area contributed by atoms with Gasteiger partial charge in [0.1, 0.15) is 11.5 Å². The number of rotatable bonds is 5. The Morgan fingerprint density at radius 3 is 2.61 bits per heavy atom. The fourth-order valence-corrected chi connectivity index (χ4v) is 1.80. The maximum absolute atomic E-state index is 13.3. The second kappa shape index (κ2) is 6.05. The molecule has 0 radical (unpaired) electrons. The topological polar surface area (TPSA) is 30.0 Å². The number of hydrogen-bond donors (Lipinski definition) is 0. The fraction of sp³-hybridized carbons (Fsp3) is 0.200. The zero-order valence-electron chi connectivity index (χ0n) is 9.97. The van der Waals surface area contributed by atoms with E-state index in [0.29, 0.717) is 30.5 Å². The molecule has 1 heterocycles. The third kappa shape index (κ3) is 3.23. The molecule has 0 bridgehead atoms. The van der Waals surface area contributed by atoms with Crippen LogP contribution in [-0.4, -0.2) is 10.8 Å². The molecule has 2 aromatic rings. The zero-order valence-corrected chi connectivity index (χ0v) is 9.97. The van der Waals surface area contributed by atoms with Gasteiger partial charge in [-0.25, -0.2) is 4.39 Å². The van der Waals surface area contributed by atoms with Crippen LogP contribution in [0.4, 0.5) is 4.39 Å². The molecule has 1 aromatic carbocycles. The van der Waals surface area contributed by atoms with E-state index in [1.165, 1.54) is 6.07 Å². The van der Waals surface area contributed by atoms with Crippen molar-refractivity contribution in [2.24, 2.45) is 0 Å². The van der Waals surface area contributed by atoms with Gasteiger partial charge in [0.25, 0.3) is 0 Å². The van der Waals surface area contributed by atoms with Crippen LogP contribution in [0.5, 0.6) is 0 Å². The summed E-state index contributed by atoms with van der Waals surface area (Å²) in [6.45, 7) is 0. The summed E-state index contributed by atoms with van der Waals surface area (Å²) in [6.07, 6.45) is 3.21. The molecule has 92 valence electrons. The molecule has 3 heteroatoms. The van der Waals surface area contributed by atoms with E-state index in [2.05, 4.69) is 4.98 Å². The normalized spacial score (nSPS) is 10.3. The van der Waals surface area contributed by atoms with Crippen LogP contribution < -0.4 is 0 Å². The lowest BCUT2D eigenvalue weighted by Gasteiger charge is -2.02. The van der Waals surface area contributed by atoms with Crippen LogP contribution in [0.2, 0.25) is 0 Å². The average Bonchev–Trinajstić information content (AvgIpc) is 2.42. The van der Waals surface area contributed by atoms with Crippen LogP contribution in [0.1, 0.15) is 28.9 Å². The SMILES string of the molecule is O=C(CCCc1ccccc1F)c1ccccn1. The van der Waals surface area contributed by atoms with Gasteiger partial charge in [0.2, 0.25) is 0 Å². The van der Waals surface area contributed by atoms with Gasteiger partial charge in [-0.2, -0.15) is 0 Å². The molecule has 1 aromatic heterocycles. The maximum Gasteiger partial charge on any atom is 0.181 e. The molecule has 0 saturated heterocycles. The lowest BCUT2D eigenvalue weighted by molar-refractivity contribution is 0.0975. The van der Waals surface area contributed by atoms with E-state index in [9.17, 15) is 9.18 Å². The highest BCUT2D eigenvalue weighted by molar-refractivity contribution is 5.94. The summed E-state index contributed by atoms with van der Waals surface area (Å²) in [5.74, 6) is -0.199.